The monoisotopic (exact) mass is 511 g/mol. The first-order chi connectivity index (χ1) is 15.1. The maximum absolute atomic E-state index is 12.7. The van der Waals surface area contributed by atoms with Crippen molar-refractivity contribution in [2.45, 2.75) is 50.5 Å². The van der Waals surface area contributed by atoms with E-state index in [9.17, 15) is 4.79 Å². The van der Waals surface area contributed by atoms with Crippen LogP contribution in [0, 0.1) is 17.2 Å². The van der Waals surface area contributed by atoms with Crippen LogP contribution in [0.1, 0.15) is 55.7 Å². The third-order valence-corrected chi connectivity index (χ3v) is 6.42. The van der Waals surface area contributed by atoms with E-state index in [-0.39, 0.29) is 42.7 Å². The fourth-order valence-electron chi connectivity index (χ4n) is 4.27. The van der Waals surface area contributed by atoms with Crippen molar-refractivity contribution in [1.82, 2.24) is 15.5 Å². The normalized spacial score (nSPS) is 20.5. The van der Waals surface area contributed by atoms with Crippen LogP contribution in [-0.4, -0.2) is 35.3 Å². The first-order valence-electron chi connectivity index (χ1n) is 10.8. The van der Waals surface area contributed by atoms with E-state index in [1.165, 1.54) is 0 Å². The number of amides is 1. The molecule has 0 unspecified atom stereocenters. The molecule has 1 saturated heterocycles. The summed E-state index contributed by atoms with van der Waals surface area (Å²) in [5, 5.41) is 24.2. The lowest BCUT2D eigenvalue weighted by Gasteiger charge is -2.28. The summed E-state index contributed by atoms with van der Waals surface area (Å²) in [5.41, 5.74) is 1.43. The largest absolute Gasteiger partial charge is 0.490 e. The van der Waals surface area contributed by atoms with Gasteiger partial charge in [-0.25, -0.2) is 0 Å². The topological polar surface area (TPSA) is 99.9 Å². The van der Waals surface area contributed by atoms with Gasteiger partial charge in [-0.05, 0) is 75.9 Å². The van der Waals surface area contributed by atoms with Crippen molar-refractivity contribution in [3.8, 4) is 11.8 Å². The highest BCUT2D eigenvalue weighted by atomic mass is 35.5. The smallest absolute Gasteiger partial charge is 0.228 e. The third-order valence-electron chi connectivity index (χ3n) is 6.10. The summed E-state index contributed by atoms with van der Waals surface area (Å²) in [6, 6.07) is 11.0. The van der Waals surface area contributed by atoms with E-state index in [1.807, 2.05) is 18.2 Å². The van der Waals surface area contributed by atoms with Gasteiger partial charge in [0.05, 0.1) is 22.4 Å². The van der Waals surface area contributed by atoms with E-state index in [0.717, 1.165) is 57.3 Å². The van der Waals surface area contributed by atoms with Crippen molar-refractivity contribution in [3.63, 3.8) is 0 Å². The standard InChI is InChI=1S/C23H26ClN5O2.2ClH/c24-20-13-19(6-3-17(20)14-25)31-18-4-1-16(2-5-18)23(30)27-22-8-7-21(28-29-22)15-9-11-26-12-10-15;;/h3,6-8,13,15-16,18,26H,1-2,4-5,9-12H2,(H,27,29,30);2*1H. The van der Waals surface area contributed by atoms with Gasteiger partial charge in [-0.15, -0.1) is 29.9 Å². The number of anilines is 1. The molecule has 2 heterocycles. The first-order valence-corrected chi connectivity index (χ1v) is 11.2. The molecule has 10 heteroatoms. The Morgan fingerprint density at radius 1 is 1.06 bits per heavy atom. The zero-order valence-electron chi connectivity index (χ0n) is 18.1. The van der Waals surface area contributed by atoms with Gasteiger partial charge in [0.15, 0.2) is 5.82 Å². The molecule has 2 fully saturated rings. The molecule has 0 bridgehead atoms. The highest BCUT2D eigenvalue weighted by Gasteiger charge is 2.28. The second kappa shape index (κ2) is 13.0. The minimum absolute atomic E-state index is 0. The maximum atomic E-state index is 12.7. The Labute approximate surface area is 211 Å². The second-order valence-electron chi connectivity index (χ2n) is 8.20. The third kappa shape index (κ3) is 7.18. The number of halogens is 3. The first kappa shape index (κ1) is 27.1. The van der Waals surface area contributed by atoms with Crippen LogP contribution in [-0.2, 0) is 4.79 Å². The molecule has 1 saturated carbocycles. The van der Waals surface area contributed by atoms with Gasteiger partial charge in [0.1, 0.15) is 11.8 Å². The van der Waals surface area contributed by atoms with Crippen molar-refractivity contribution in [3.05, 3.63) is 46.6 Å². The number of nitriles is 1. The number of carbonyl (C=O) groups excluding carboxylic acids is 1. The van der Waals surface area contributed by atoms with Crippen LogP contribution in [0.15, 0.2) is 30.3 Å². The molecule has 2 aliphatic rings. The summed E-state index contributed by atoms with van der Waals surface area (Å²) in [4.78, 5) is 12.7. The van der Waals surface area contributed by atoms with E-state index in [1.54, 1.807) is 18.2 Å². The lowest BCUT2D eigenvalue weighted by atomic mass is 9.86. The molecule has 7 nitrogen and oxygen atoms in total. The molecular formula is C23H28Cl3N5O2. The Bertz CT molecular complexity index is 954. The minimum atomic E-state index is -0.0599. The molecule has 1 amide bonds. The van der Waals surface area contributed by atoms with Crippen molar-refractivity contribution in [2.24, 2.45) is 5.92 Å². The Morgan fingerprint density at radius 2 is 1.79 bits per heavy atom. The molecule has 4 rings (SSSR count). The SMILES string of the molecule is Cl.Cl.N#Cc1ccc(OC2CCC(C(=O)Nc3ccc(C4CCNCC4)nn3)CC2)cc1Cl. The van der Waals surface area contributed by atoms with E-state index in [0.29, 0.717) is 28.1 Å². The summed E-state index contributed by atoms with van der Waals surface area (Å²) in [5.74, 6) is 1.54. The van der Waals surface area contributed by atoms with Crippen LogP contribution >= 0.6 is 36.4 Å². The molecular weight excluding hydrogens is 485 g/mol. The number of hydrogen-bond donors (Lipinski definition) is 2. The maximum Gasteiger partial charge on any atom is 0.228 e. The van der Waals surface area contributed by atoms with Crippen molar-refractivity contribution in [2.75, 3.05) is 18.4 Å². The Kier molecular flexibility index (Phi) is 10.6. The van der Waals surface area contributed by atoms with Gasteiger partial charge in [0.2, 0.25) is 5.91 Å². The van der Waals surface area contributed by atoms with Crippen LogP contribution in [0.4, 0.5) is 5.82 Å². The summed E-state index contributed by atoms with van der Waals surface area (Å²) < 4.78 is 6.00. The van der Waals surface area contributed by atoms with Crippen LogP contribution in [0.2, 0.25) is 5.02 Å². The van der Waals surface area contributed by atoms with Gasteiger partial charge in [0, 0.05) is 17.9 Å². The van der Waals surface area contributed by atoms with E-state index in [2.05, 4.69) is 20.8 Å². The number of benzene rings is 1. The average Bonchev–Trinajstić information content (AvgIpc) is 2.81. The molecule has 0 radical (unpaired) electrons. The van der Waals surface area contributed by atoms with Gasteiger partial charge < -0.3 is 15.4 Å². The quantitative estimate of drug-likeness (QED) is 0.592. The molecule has 33 heavy (non-hydrogen) atoms. The molecule has 178 valence electrons. The number of hydrogen-bond acceptors (Lipinski definition) is 6. The predicted octanol–water partition coefficient (Wildman–Crippen LogP) is 4.89. The lowest BCUT2D eigenvalue weighted by Crippen LogP contribution is -2.31. The van der Waals surface area contributed by atoms with Crippen LogP contribution < -0.4 is 15.4 Å². The zero-order chi connectivity index (χ0) is 21.6. The molecule has 2 N–H and O–H groups in total. The number of carbonyl (C=O) groups is 1. The number of aromatic nitrogens is 2. The number of nitrogens with one attached hydrogen (secondary N) is 2. The number of rotatable bonds is 5. The lowest BCUT2D eigenvalue weighted by molar-refractivity contribution is -0.121. The van der Waals surface area contributed by atoms with Gasteiger partial charge in [-0.3, -0.25) is 4.79 Å². The minimum Gasteiger partial charge on any atom is -0.490 e. The van der Waals surface area contributed by atoms with Gasteiger partial charge in [-0.1, -0.05) is 11.6 Å². The Hall–Kier alpha value is -2.11. The molecule has 0 atom stereocenters. The van der Waals surface area contributed by atoms with Crippen molar-refractivity contribution < 1.29 is 9.53 Å². The summed E-state index contributed by atoms with van der Waals surface area (Å²) in [7, 11) is 0. The molecule has 1 aromatic heterocycles. The van der Waals surface area contributed by atoms with Crippen LogP contribution in [0.3, 0.4) is 0 Å². The van der Waals surface area contributed by atoms with E-state index in [4.69, 9.17) is 21.6 Å². The van der Waals surface area contributed by atoms with Crippen molar-refractivity contribution in [1.29, 1.82) is 5.26 Å². The van der Waals surface area contributed by atoms with Gasteiger partial charge >= 0.3 is 0 Å². The zero-order valence-corrected chi connectivity index (χ0v) is 20.5. The highest BCUT2D eigenvalue weighted by Crippen LogP contribution is 2.30. The van der Waals surface area contributed by atoms with Gasteiger partial charge in [-0.2, -0.15) is 10.4 Å². The summed E-state index contributed by atoms with van der Waals surface area (Å²) in [6.07, 6.45) is 5.26. The molecule has 2 aromatic rings. The molecule has 0 spiro atoms. The highest BCUT2D eigenvalue weighted by molar-refractivity contribution is 6.31. The molecule has 1 aliphatic heterocycles. The van der Waals surface area contributed by atoms with E-state index < -0.39 is 0 Å². The predicted molar refractivity (Wildman–Crippen MR) is 133 cm³/mol. The summed E-state index contributed by atoms with van der Waals surface area (Å²) >= 11 is 6.07. The van der Waals surface area contributed by atoms with Crippen LogP contribution in [0.5, 0.6) is 5.75 Å². The fourth-order valence-corrected chi connectivity index (χ4v) is 4.48. The summed E-state index contributed by atoms with van der Waals surface area (Å²) in [6.45, 7) is 2.02. The number of ether oxygens (including phenoxy) is 1. The van der Waals surface area contributed by atoms with Gasteiger partial charge in [0.25, 0.3) is 0 Å². The average molecular weight is 513 g/mol. The Balaban J connectivity index is 0.00000193. The number of piperidine rings is 1. The van der Waals surface area contributed by atoms with Crippen LogP contribution in [0.25, 0.3) is 0 Å². The Morgan fingerprint density at radius 3 is 2.39 bits per heavy atom. The number of nitrogens with zero attached hydrogens (tertiary/aromatic N) is 3. The van der Waals surface area contributed by atoms with Crippen molar-refractivity contribution >= 4 is 48.1 Å². The fraction of sp³-hybridized carbons (Fsp3) is 0.478. The second-order valence-corrected chi connectivity index (χ2v) is 8.61. The molecule has 1 aliphatic carbocycles. The van der Waals surface area contributed by atoms with E-state index >= 15 is 0 Å². The molecule has 1 aromatic carbocycles.